The Balaban J connectivity index is 1.42. The summed E-state index contributed by atoms with van der Waals surface area (Å²) < 4.78 is 31.2. The second-order valence-corrected chi connectivity index (χ2v) is 15.6. The molecule has 2 N–H and O–H groups in total. The molecule has 0 saturated carbocycles. The number of nitrogens with zero attached hydrogens (tertiary/aromatic N) is 3. The minimum atomic E-state index is -4.23. The minimum absolute atomic E-state index is 0.00167. The first-order valence-corrected chi connectivity index (χ1v) is 16.5. The van der Waals surface area contributed by atoms with Crippen LogP contribution in [-0.2, 0) is 24.2 Å². The molecule has 1 aromatic carbocycles. The zero-order valence-corrected chi connectivity index (χ0v) is 26.3. The maximum atomic E-state index is 13.9. The van der Waals surface area contributed by atoms with E-state index in [2.05, 4.69) is 18.7 Å². The first kappa shape index (κ1) is 32.1. The highest BCUT2D eigenvalue weighted by atomic mass is 32.2. The van der Waals surface area contributed by atoms with Crippen LogP contribution < -0.4 is 10.4 Å². The third-order valence-corrected chi connectivity index (χ3v) is 11.3. The molecular weight excluding hydrogens is 560 g/mol. The standard InChI is InChI=1S/C30H46N4O7S/c1-21-18-22(2)20-34(19-21)26(35)23-10-14-32(15-11-23)24-6-8-25(9-7-24)42(39,40)30(27(36)31-38)12-16-33(17-13-30)28(37)41-29(3,4)5/h6-9,21-23,38H,10-20H2,1-5H3,(H,31,36)/t21-,22+. The van der Waals surface area contributed by atoms with E-state index in [4.69, 9.17) is 4.74 Å². The monoisotopic (exact) mass is 606 g/mol. The normalized spacial score (nSPS) is 23.8. The molecule has 3 saturated heterocycles. The summed E-state index contributed by atoms with van der Waals surface area (Å²) in [5, 5.41) is 9.47. The number of carbonyl (C=O) groups is 3. The van der Waals surface area contributed by atoms with Gasteiger partial charge in [-0.15, -0.1) is 0 Å². The molecule has 0 spiro atoms. The first-order chi connectivity index (χ1) is 19.7. The number of hydrogen-bond acceptors (Lipinski definition) is 8. The number of nitrogens with one attached hydrogen (secondary N) is 1. The van der Waals surface area contributed by atoms with Crippen molar-refractivity contribution in [1.29, 1.82) is 0 Å². The molecule has 1 aromatic rings. The zero-order valence-electron chi connectivity index (χ0n) is 25.5. The van der Waals surface area contributed by atoms with Gasteiger partial charge in [0.2, 0.25) is 5.91 Å². The number of carbonyl (C=O) groups excluding carboxylic acids is 3. The Morgan fingerprint density at radius 2 is 1.48 bits per heavy atom. The van der Waals surface area contributed by atoms with E-state index in [0.29, 0.717) is 24.9 Å². The molecule has 4 rings (SSSR count). The lowest BCUT2D eigenvalue weighted by Crippen LogP contribution is -2.58. The van der Waals surface area contributed by atoms with Gasteiger partial charge < -0.3 is 19.4 Å². The summed E-state index contributed by atoms with van der Waals surface area (Å²) in [6.07, 6.45) is 1.70. The summed E-state index contributed by atoms with van der Waals surface area (Å²) in [5.41, 5.74) is 1.68. The number of ether oxygens (including phenoxy) is 1. The molecule has 42 heavy (non-hydrogen) atoms. The lowest BCUT2D eigenvalue weighted by atomic mass is 9.89. The SMILES string of the molecule is C[C@@H]1C[C@H](C)CN(C(=O)C2CCN(c3ccc(S(=O)(=O)C4(C(=O)NO)CCN(C(=O)OC(C)(C)C)CC4)cc3)CC2)C1. The van der Waals surface area contributed by atoms with Crippen molar-refractivity contribution in [2.75, 3.05) is 44.2 Å². The fraction of sp³-hybridized carbons (Fsp3) is 0.700. The van der Waals surface area contributed by atoms with Gasteiger partial charge in [0.1, 0.15) is 5.60 Å². The zero-order chi connectivity index (χ0) is 30.9. The molecule has 0 aliphatic carbocycles. The first-order valence-electron chi connectivity index (χ1n) is 15.0. The lowest BCUT2D eigenvalue weighted by molar-refractivity contribution is -0.139. The van der Waals surface area contributed by atoms with Crippen LogP contribution in [-0.4, -0.2) is 90.9 Å². The molecule has 0 aromatic heterocycles. The fourth-order valence-corrected chi connectivity index (χ4v) is 8.60. The summed E-state index contributed by atoms with van der Waals surface area (Å²) >= 11 is 0. The summed E-state index contributed by atoms with van der Waals surface area (Å²) in [4.78, 5) is 44.1. The maximum Gasteiger partial charge on any atom is 0.410 e. The van der Waals surface area contributed by atoms with Gasteiger partial charge in [0.15, 0.2) is 14.6 Å². The van der Waals surface area contributed by atoms with E-state index in [9.17, 15) is 28.0 Å². The van der Waals surface area contributed by atoms with Crippen LogP contribution >= 0.6 is 0 Å². The van der Waals surface area contributed by atoms with E-state index in [1.807, 2.05) is 4.90 Å². The molecule has 3 aliphatic rings. The number of anilines is 1. The third-order valence-electron chi connectivity index (χ3n) is 8.79. The number of amides is 3. The Hall–Kier alpha value is -2.86. The number of sulfone groups is 1. The Labute approximate surface area is 249 Å². The minimum Gasteiger partial charge on any atom is -0.444 e. The van der Waals surface area contributed by atoms with E-state index in [1.165, 1.54) is 17.0 Å². The highest BCUT2D eigenvalue weighted by Crippen LogP contribution is 2.37. The summed E-state index contributed by atoms with van der Waals surface area (Å²) in [5.74, 6) is 0.279. The van der Waals surface area contributed by atoms with Crippen LogP contribution in [0.25, 0.3) is 0 Å². The number of piperidine rings is 3. The molecule has 0 radical (unpaired) electrons. The number of benzene rings is 1. The molecule has 3 heterocycles. The summed E-state index contributed by atoms with van der Waals surface area (Å²) in [6.45, 7) is 12.6. The van der Waals surface area contributed by atoms with E-state index in [1.54, 1.807) is 38.4 Å². The molecule has 2 atom stereocenters. The predicted octanol–water partition coefficient (Wildman–Crippen LogP) is 3.46. The van der Waals surface area contributed by atoms with Crippen LogP contribution in [0.5, 0.6) is 0 Å². The molecule has 3 amide bonds. The predicted molar refractivity (Wildman–Crippen MR) is 158 cm³/mol. The van der Waals surface area contributed by atoms with Gasteiger partial charge in [-0.25, -0.2) is 18.7 Å². The lowest BCUT2D eigenvalue weighted by Gasteiger charge is -2.40. The Bertz CT molecular complexity index is 1240. The molecule has 3 aliphatic heterocycles. The number of likely N-dealkylation sites (tertiary alicyclic amines) is 2. The smallest absolute Gasteiger partial charge is 0.410 e. The van der Waals surface area contributed by atoms with Crippen molar-refractivity contribution in [2.45, 2.75) is 82.0 Å². The number of hydroxylamine groups is 1. The van der Waals surface area contributed by atoms with Crippen molar-refractivity contribution >= 4 is 33.4 Å². The third kappa shape index (κ3) is 6.69. The molecule has 11 nitrogen and oxygen atoms in total. The Morgan fingerprint density at radius 1 is 0.929 bits per heavy atom. The van der Waals surface area contributed by atoms with Crippen LogP contribution in [0.1, 0.15) is 66.7 Å². The van der Waals surface area contributed by atoms with Crippen molar-refractivity contribution in [3.05, 3.63) is 24.3 Å². The van der Waals surface area contributed by atoms with Crippen molar-refractivity contribution in [2.24, 2.45) is 17.8 Å². The van der Waals surface area contributed by atoms with Gasteiger partial charge in [-0.2, -0.15) is 0 Å². The van der Waals surface area contributed by atoms with Crippen molar-refractivity contribution < 1.29 is 32.7 Å². The summed E-state index contributed by atoms with van der Waals surface area (Å²) in [7, 11) is -4.23. The van der Waals surface area contributed by atoms with E-state index in [0.717, 1.165) is 38.0 Å². The highest BCUT2D eigenvalue weighted by molar-refractivity contribution is 7.93. The van der Waals surface area contributed by atoms with Crippen LogP contribution in [0.15, 0.2) is 29.2 Å². The quantitative estimate of drug-likeness (QED) is 0.384. The number of hydrogen-bond donors (Lipinski definition) is 2. The van der Waals surface area contributed by atoms with Gasteiger partial charge in [-0.05, 0) is 89.0 Å². The fourth-order valence-electron chi connectivity index (χ4n) is 6.64. The van der Waals surface area contributed by atoms with E-state index in [-0.39, 0.29) is 42.7 Å². The average Bonchev–Trinajstić information content (AvgIpc) is 2.95. The Kier molecular flexibility index (Phi) is 9.46. The van der Waals surface area contributed by atoms with Gasteiger partial charge in [-0.3, -0.25) is 14.8 Å². The van der Waals surface area contributed by atoms with Crippen LogP contribution in [0.3, 0.4) is 0 Å². The summed E-state index contributed by atoms with van der Waals surface area (Å²) in [6, 6.07) is 6.43. The molecule has 0 bridgehead atoms. The second-order valence-electron chi connectivity index (χ2n) is 13.4. The average molecular weight is 607 g/mol. The van der Waals surface area contributed by atoms with Crippen molar-refractivity contribution in [3.63, 3.8) is 0 Å². The van der Waals surface area contributed by atoms with Crippen molar-refractivity contribution in [1.82, 2.24) is 15.3 Å². The largest absolute Gasteiger partial charge is 0.444 e. The van der Waals surface area contributed by atoms with Gasteiger partial charge in [0.25, 0.3) is 5.91 Å². The van der Waals surface area contributed by atoms with Gasteiger partial charge in [0, 0.05) is 50.9 Å². The number of rotatable bonds is 5. The van der Waals surface area contributed by atoms with Crippen LogP contribution in [0, 0.1) is 17.8 Å². The molecule has 0 unspecified atom stereocenters. The van der Waals surface area contributed by atoms with Crippen molar-refractivity contribution in [3.8, 4) is 0 Å². The Morgan fingerprint density at radius 3 is 1.98 bits per heavy atom. The topological polar surface area (TPSA) is 137 Å². The second kappa shape index (κ2) is 12.4. The molecular formula is C30H46N4O7S. The highest BCUT2D eigenvalue weighted by Gasteiger charge is 2.53. The van der Waals surface area contributed by atoms with E-state index < -0.39 is 32.2 Å². The molecule has 12 heteroatoms. The van der Waals surface area contributed by atoms with E-state index >= 15 is 0 Å². The van der Waals surface area contributed by atoms with Crippen LogP contribution in [0.4, 0.5) is 10.5 Å². The van der Waals surface area contributed by atoms with Gasteiger partial charge in [0.05, 0.1) is 4.90 Å². The van der Waals surface area contributed by atoms with Gasteiger partial charge >= 0.3 is 6.09 Å². The van der Waals surface area contributed by atoms with Crippen LogP contribution in [0.2, 0.25) is 0 Å². The van der Waals surface area contributed by atoms with Gasteiger partial charge in [-0.1, -0.05) is 13.8 Å². The maximum absolute atomic E-state index is 13.9. The molecule has 3 fully saturated rings. The molecule has 234 valence electrons.